The summed E-state index contributed by atoms with van der Waals surface area (Å²) < 4.78 is 0. The summed E-state index contributed by atoms with van der Waals surface area (Å²) in [5.41, 5.74) is 3.74. The summed E-state index contributed by atoms with van der Waals surface area (Å²) in [6.45, 7) is 7.96. The highest BCUT2D eigenvalue weighted by molar-refractivity contribution is 7.99. The summed E-state index contributed by atoms with van der Waals surface area (Å²) in [6.07, 6.45) is 1.83. The number of benzene rings is 2. The minimum absolute atomic E-state index is 0.126. The molecule has 0 unspecified atom stereocenters. The Morgan fingerprint density at radius 2 is 1.61 bits per heavy atom. The summed E-state index contributed by atoms with van der Waals surface area (Å²) >= 11 is 1.61. The first-order valence-electron chi connectivity index (χ1n) is 9.08. The predicted octanol–water partition coefficient (Wildman–Crippen LogP) is 4.09. The van der Waals surface area contributed by atoms with Gasteiger partial charge in [-0.1, -0.05) is 30.3 Å². The van der Waals surface area contributed by atoms with Crippen LogP contribution < -0.4 is 10.6 Å². The van der Waals surface area contributed by atoms with Crippen LogP contribution in [0, 0.1) is 13.8 Å². The Kier molecular flexibility index (Phi) is 8.29. The van der Waals surface area contributed by atoms with Crippen molar-refractivity contribution in [3.05, 3.63) is 66.2 Å². The molecule has 2 amide bonds. The second-order valence-corrected chi connectivity index (χ2v) is 7.67. The van der Waals surface area contributed by atoms with E-state index in [2.05, 4.69) is 17.2 Å². The molecule has 0 fully saturated rings. The van der Waals surface area contributed by atoms with Crippen LogP contribution in [0.2, 0.25) is 0 Å². The Hall–Kier alpha value is -2.57. The maximum Gasteiger partial charge on any atom is 0.238 e. The summed E-state index contributed by atoms with van der Waals surface area (Å²) in [7, 11) is 1.75. The van der Waals surface area contributed by atoms with E-state index in [0.717, 1.165) is 33.2 Å². The molecule has 148 valence electrons. The molecular formula is C22H27N3O2S. The van der Waals surface area contributed by atoms with Gasteiger partial charge in [0.1, 0.15) is 0 Å². The molecule has 0 spiro atoms. The molecule has 0 aliphatic rings. The van der Waals surface area contributed by atoms with Crippen molar-refractivity contribution in [2.75, 3.05) is 36.5 Å². The first-order chi connectivity index (χ1) is 13.4. The van der Waals surface area contributed by atoms with Crippen LogP contribution in [0.4, 0.5) is 11.4 Å². The lowest BCUT2D eigenvalue weighted by Gasteiger charge is -2.17. The molecule has 2 aromatic carbocycles. The van der Waals surface area contributed by atoms with Crippen molar-refractivity contribution in [3.8, 4) is 0 Å². The number of carbonyl (C=O) groups is 2. The van der Waals surface area contributed by atoms with Crippen LogP contribution in [0.15, 0.2) is 60.0 Å². The number of hydrogen-bond donors (Lipinski definition) is 2. The zero-order valence-electron chi connectivity index (χ0n) is 16.6. The van der Waals surface area contributed by atoms with Gasteiger partial charge in [0.15, 0.2) is 0 Å². The molecular weight excluding hydrogens is 370 g/mol. The molecule has 0 aliphatic carbocycles. The van der Waals surface area contributed by atoms with E-state index < -0.39 is 0 Å². The molecule has 0 radical (unpaired) electrons. The molecule has 0 atom stereocenters. The molecule has 2 N–H and O–H groups in total. The summed E-state index contributed by atoms with van der Waals surface area (Å²) in [5, 5.41) is 5.83. The molecule has 6 heteroatoms. The number of para-hydroxylation sites is 1. The number of nitrogens with one attached hydrogen (secondary N) is 2. The van der Waals surface area contributed by atoms with Gasteiger partial charge in [-0.05, 0) is 50.2 Å². The van der Waals surface area contributed by atoms with E-state index in [0.29, 0.717) is 0 Å². The fraction of sp³-hybridized carbons (Fsp3) is 0.273. The second kappa shape index (κ2) is 10.7. The van der Waals surface area contributed by atoms with Gasteiger partial charge in [0.05, 0.1) is 18.8 Å². The minimum Gasteiger partial charge on any atom is -0.325 e. The summed E-state index contributed by atoms with van der Waals surface area (Å²) in [5.74, 6) is 0.463. The van der Waals surface area contributed by atoms with E-state index >= 15 is 0 Å². The summed E-state index contributed by atoms with van der Waals surface area (Å²) in [4.78, 5) is 27.4. The second-order valence-electron chi connectivity index (χ2n) is 6.61. The van der Waals surface area contributed by atoms with Crippen molar-refractivity contribution >= 4 is 35.0 Å². The number of carbonyl (C=O) groups excluding carboxylic acids is 2. The number of hydrogen-bond acceptors (Lipinski definition) is 4. The lowest BCUT2D eigenvalue weighted by molar-refractivity contribution is -0.119. The van der Waals surface area contributed by atoms with Gasteiger partial charge >= 0.3 is 0 Å². The highest BCUT2D eigenvalue weighted by atomic mass is 32.2. The highest BCUT2D eigenvalue weighted by Gasteiger charge is 2.13. The zero-order chi connectivity index (χ0) is 20.5. The molecule has 2 aromatic rings. The molecule has 0 saturated carbocycles. The van der Waals surface area contributed by atoms with Crippen molar-refractivity contribution in [1.29, 1.82) is 0 Å². The van der Waals surface area contributed by atoms with Crippen LogP contribution in [-0.2, 0) is 9.59 Å². The fourth-order valence-electron chi connectivity index (χ4n) is 2.66. The minimum atomic E-state index is -0.159. The standard InChI is InChI=1S/C22H27N3O2S/c1-5-13-28-20-12-7-6-10-19(20)24-22(27)15-25(4)14-21(26)23-18-11-8-9-16(2)17(18)3/h5-12H,1,13-15H2,2-4H3,(H,23,26)(H,24,27). The average molecular weight is 398 g/mol. The molecule has 0 aliphatic heterocycles. The van der Waals surface area contributed by atoms with Crippen molar-refractivity contribution in [3.63, 3.8) is 0 Å². The maximum absolute atomic E-state index is 12.4. The van der Waals surface area contributed by atoms with E-state index in [4.69, 9.17) is 0 Å². The van der Waals surface area contributed by atoms with Gasteiger partial charge < -0.3 is 10.6 Å². The summed E-state index contributed by atoms with van der Waals surface area (Å²) in [6, 6.07) is 13.5. The van der Waals surface area contributed by atoms with Crippen LogP contribution in [0.5, 0.6) is 0 Å². The lowest BCUT2D eigenvalue weighted by atomic mass is 10.1. The molecule has 0 heterocycles. The average Bonchev–Trinajstić information content (AvgIpc) is 2.64. The van der Waals surface area contributed by atoms with Crippen molar-refractivity contribution < 1.29 is 9.59 Å². The number of nitrogens with zero attached hydrogens (tertiary/aromatic N) is 1. The molecule has 0 bridgehead atoms. The van der Waals surface area contributed by atoms with Gasteiger partial charge in [-0.15, -0.1) is 18.3 Å². The van der Waals surface area contributed by atoms with Gasteiger partial charge in [0.25, 0.3) is 0 Å². The topological polar surface area (TPSA) is 61.4 Å². The number of thioether (sulfide) groups is 1. The zero-order valence-corrected chi connectivity index (χ0v) is 17.4. The normalized spacial score (nSPS) is 10.6. The van der Waals surface area contributed by atoms with Gasteiger partial charge in [-0.3, -0.25) is 14.5 Å². The highest BCUT2D eigenvalue weighted by Crippen LogP contribution is 2.26. The van der Waals surface area contributed by atoms with E-state index in [9.17, 15) is 9.59 Å². The Labute approximate surface area is 171 Å². The number of rotatable bonds is 9. The quantitative estimate of drug-likeness (QED) is 0.494. The van der Waals surface area contributed by atoms with Crippen LogP contribution in [-0.4, -0.2) is 42.6 Å². The predicted molar refractivity (Wildman–Crippen MR) is 118 cm³/mol. The molecule has 2 rings (SSSR count). The molecule has 5 nitrogen and oxygen atoms in total. The monoisotopic (exact) mass is 397 g/mol. The van der Waals surface area contributed by atoms with Crippen molar-refractivity contribution in [2.45, 2.75) is 18.7 Å². The number of aryl methyl sites for hydroxylation is 1. The first-order valence-corrected chi connectivity index (χ1v) is 10.1. The van der Waals surface area contributed by atoms with E-state index in [1.54, 1.807) is 23.7 Å². The Morgan fingerprint density at radius 1 is 1.00 bits per heavy atom. The first kappa shape index (κ1) is 21.7. The van der Waals surface area contributed by atoms with Crippen LogP contribution in [0.1, 0.15) is 11.1 Å². The lowest BCUT2D eigenvalue weighted by Crippen LogP contribution is -2.36. The Morgan fingerprint density at radius 3 is 2.29 bits per heavy atom. The largest absolute Gasteiger partial charge is 0.325 e. The molecule has 0 aromatic heterocycles. The third kappa shape index (κ3) is 6.55. The number of anilines is 2. The van der Waals surface area contributed by atoms with Crippen LogP contribution in [0.3, 0.4) is 0 Å². The van der Waals surface area contributed by atoms with Crippen LogP contribution >= 0.6 is 11.8 Å². The van der Waals surface area contributed by atoms with E-state index in [-0.39, 0.29) is 24.9 Å². The Bertz CT molecular complexity index is 851. The van der Waals surface area contributed by atoms with E-state index in [1.807, 2.05) is 62.4 Å². The van der Waals surface area contributed by atoms with Gasteiger partial charge in [-0.2, -0.15) is 0 Å². The van der Waals surface area contributed by atoms with Gasteiger partial charge in [0, 0.05) is 16.3 Å². The van der Waals surface area contributed by atoms with Crippen LogP contribution in [0.25, 0.3) is 0 Å². The third-order valence-electron chi connectivity index (χ3n) is 4.22. The van der Waals surface area contributed by atoms with Gasteiger partial charge in [-0.25, -0.2) is 0 Å². The third-order valence-corrected chi connectivity index (χ3v) is 5.29. The Balaban J connectivity index is 1.88. The van der Waals surface area contributed by atoms with E-state index in [1.165, 1.54) is 0 Å². The number of likely N-dealkylation sites (N-methyl/N-ethyl adjacent to an activating group) is 1. The fourth-order valence-corrected chi connectivity index (χ4v) is 3.40. The number of amides is 2. The molecule has 0 saturated heterocycles. The smallest absolute Gasteiger partial charge is 0.238 e. The van der Waals surface area contributed by atoms with Gasteiger partial charge in [0.2, 0.25) is 11.8 Å². The SMILES string of the molecule is C=CCSc1ccccc1NC(=O)CN(C)CC(=O)Nc1cccc(C)c1C. The molecule has 28 heavy (non-hydrogen) atoms. The van der Waals surface area contributed by atoms with Crippen molar-refractivity contribution in [1.82, 2.24) is 4.90 Å². The van der Waals surface area contributed by atoms with Crippen molar-refractivity contribution in [2.24, 2.45) is 0 Å². The maximum atomic E-state index is 12.4.